The molecule has 1 N–H and O–H groups in total. The molecule has 0 unspecified atom stereocenters. The van der Waals surface area contributed by atoms with E-state index in [4.69, 9.17) is 0 Å². The van der Waals surface area contributed by atoms with Gasteiger partial charge >= 0.3 is 5.97 Å². The van der Waals surface area contributed by atoms with Gasteiger partial charge in [-0.2, -0.15) is 0 Å². The van der Waals surface area contributed by atoms with Crippen molar-refractivity contribution in [3.63, 3.8) is 0 Å². The summed E-state index contributed by atoms with van der Waals surface area (Å²) in [6.07, 6.45) is 3.69. The van der Waals surface area contributed by atoms with Crippen molar-refractivity contribution in [3.05, 3.63) is 42.2 Å². The van der Waals surface area contributed by atoms with E-state index in [1.54, 1.807) is 41.2 Å². The van der Waals surface area contributed by atoms with Gasteiger partial charge in [-0.3, -0.25) is 14.3 Å². The van der Waals surface area contributed by atoms with E-state index in [0.29, 0.717) is 18.5 Å². The Balaban J connectivity index is 2.24. The van der Waals surface area contributed by atoms with Gasteiger partial charge in [-0.25, -0.2) is 4.79 Å². The summed E-state index contributed by atoms with van der Waals surface area (Å²) < 4.78 is 1.60. The predicted molar refractivity (Wildman–Crippen MR) is 88.0 cm³/mol. The van der Waals surface area contributed by atoms with Crippen molar-refractivity contribution in [2.75, 3.05) is 20.6 Å². The SMILES string of the molecule is CN(C)CCC(=O)n1c2ccncc2c2ccc(C(=O)O)cc21. The van der Waals surface area contributed by atoms with Gasteiger partial charge in [-0.15, -0.1) is 0 Å². The standard InChI is InChI=1S/C17H17N3O3/c1-19(2)8-6-16(21)20-14-5-7-18-10-13(14)12-4-3-11(17(22)23)9-15(12)20/h3-5,7,9-10H,6,8H2,1-2H3,(H,22,23). The van der Waals surface area contributed by atoms with Gasteiger partial charge in [0.1, 0.15) is 0 Å². The van der Waals surface area contributed by atoms with Gasteiger partial charge in [0.25, 0.3) is 0 Å². The van der Waals surface area contributed by atoms with Crippen molar-refractivity contribution in [3.8, 4) is 0 Å². The van der Waals surface area contributed by atoms with E-state index < -0.39 is 5.97 Å². The van der Waals surface area contributed by atoms with Crippen LogP contribution in [0.3, 0.4) is 0 Å². The molecule has 3 rings (SSSR count). The van der Waals surface area contributed by atoms with Crippen LogP contribution in [0.15, 0.2) is 36.7 Å². The molecule has 0 aliphatic rings. The number of carbonyl (C=O) groups is 2. The van der Waals surface area contributed by atoms with Crippen molar-refractivity contribution in [2.45, 2.75) is 6.42 Å². The van der Waals surface area contributed by atoms with Crippen molar-refractivity contribution in [1.82, 2.24) is 14.5 Å². The van der Waals surface area contributed by atoms with Crippen LogP contribution in [-0.4, -0.2) is 52.1 Å². The molecule has 23 heavy (non-hydrogen) atoms. The molecule has 0 atom stereocenters. The highest BCUT2D eigenvalue weighted by molar-refractivity contribution is 6.14. The van der Waals surface area contributed by atoms with Crippen LogP contribution in [0.2, 0.25) is 0 Å². The van der Waals surface area contributed by atoms with Crippen LogP contribution < -0.4 is 0 Å². The van der Waals surface area contributed by atoms with E-state index in [-0.39, 0.29) is 11.5 Å². The smallest absolute Gasteiger partial charge is 0.335 e. The average molecular weight is 311 g/mol. The van der Waals surface area contributed by atoms with Gasteiger partial charge in [-0.1, -0.05) is 6.07 Å². The number of carboxylic acid groups (broad SMARTS) is 1. The Morgan fingerprint density at radius 1 is 1.17 bits per heavy atom. The third-order valence-electron chi connectivity index (χ3n) is 3.84. The van der Waals surface area contributed by atoms with Crippen molar-refractivity contribution in [2.24, 2.45) is 0 Å². The lowest BCUT2D eigenvalue weighted by atomic mass is 10.1. The zero-order valence-corrected chi connectivity index (χ0v) is 13.0. The molecular formula is C17H17N3O3. The first kappa shape index (κ1) is 15.2. The average Bonchev–Trinajstić information content (AvgIpc) is 2.86. The van der Waals surface area contributed by atoms with Crippen molar-refractivity contribution >= 4 is 33.7 Å². The fraction of sp³-hybridized carbons (Fsp3) is 0.235. The molecule has 0 spiro atoms. The number of pyridine rings is 1. The summed E-state index contributed by atoms with van der Waals surface area (Å²) in [6, 6.07) is 6.61. The third kappa shape index (κ3) is 2.68. The molecule has 6 heteroatoms. The molecule has 0 bridgehead atoms. The van der Waals surface area contributed by atoms with E-state index >= 15 is 0 Å². The highest BCUT2D eigenvalue weighted by atomic mass is 16.4. The second-order valence-corrected chi connectivity index (χ2v) is 5.71. The number of carboxylic acids is 1. The molecule has 0 saturated heterocycles. The number of benzene rings is 1. The molecule has 2 heterocycles. The fourth-order valence-corrected chi connectivity index (χ4v) is 2.70. The number of nitrogens with zero attached hydrogens (tertiary/aromatic N) is 3. The maximum Gasteiger partial charge on any atom is 0.335 e. The summed E-state index contributed by atoms with van der Waals surface area (Å²) in [5.74, 6) is -1.07. The molecule has 0 saturated carbocycles. The highest BCUT2D eigenvalue weighted by Crippen LogP contribution is 2.29. The number of hydrogen-bond acceptors (Lipinski definition) is 4. The lowest BCUT2D eigenvalue weighted by Gasteiger charge is -2.10. The summed E-state index contributed by atoms with van der Waals surface area (Å²) in [5.41, 5.74) is 1.52. The number of aromatic carboxylic acids is 1. The predicted octanol–water partition coefficient (Wildman–Crippen LogP) is 2.48. The van der Waals surface area contributed by atoms with Gasteiger partial charge in [0.2, 0.25) is 5.91 Å². The van der Waals surface area contributed by atoms with Gasteiger partial charge < -0.3 is 10.0 Å². The minimum atomic E-state index is -1.01. The molecule has 0 aliphatic carbocycles. The normalized spacial score (nSPS) is 11.4. The Morgan fingerprint density at radius 2 is 1.96 bits per heavy atom. The molecule has 2 aromatic heterocycles. The molecule has 0 radical (unpaired) electrons. The summed E-state index contributed by atoms with van der Waals surface area (Å²) in [5, 5.41) is 10.9. The first-order chi connectivity index (χ1) is 11.0. The minimum absolute atomic E-state index is 0.0626. The lowest BCUT2D eigenvalue weighted by molar-refractivity contribution is 0.0696. The molecule has 0 fully saturated rings. The third-order valence-corrected chi connectivity index (χ3v) is 3.84. The number of fused-ring (bicyclic) bond motifs is 3. The van der Waals surface area contributed by atoms with Gasteiger partial charge in [-0.05, 0) is 32.3 Å². The Bertz CT molecular complexity index is 912. The quantitative estimate of drug-likeness (QED) is 0.801. The maximum absolute atomic E-state index is 12.7. The van der Waals surface area contributed by atoms with E-state index in [1.807, 2.05) is 19.0 Å². The molecule has 3 aromatic rings. The van der Waals surface area contributed by atoms with E-state index in [0.717, 1.165) is 16.3 Å². The molecule has 0 amide bonds. The molecule has 0 aliphatic heterocycles. The van der Waals surface area contributed by atoms with E-state index in [1.165, 1.54) is 0 Å². The van der Waals surface area contributed by atoms with Crippen molar-refractivity contribution in [1.29, 1.82) is 0 Å². The van der Waals surface area contributed by atoms with E-state index in [9.17, 15) is 14.7 Å². The van der Waals surface area contributed by atoms with Gasteiger partial charge in [0.05, 0.1) is 16.6 Å². The van der Waals surface area contributed by atoms with Crippen LogP contribution in [-0.2, 0) is 0 Å². The number of hydrogen-bond donors (Lipinski definition) is 1. The van der Waals surface area contributed by atoms with Gasteiger partial charge in [0.15, 0.2) is 0 Å². The second kappa shape index (κ2) is 5.81. The topological polar surface area (TPSA) is 75.4 Å². The summed E-state index contributed by atoms with van der Waals surface area (Å²) in [7, 11) is 3.82. The molecular weight excluding hydrogens is 294 g/mol. The molecule has 1 aromatic carbocycles. The monoisotopic (exact) mass is 311 g/mol. The zero-order chi connectivity index (χ0) is 16.6. The largest absolute Gasteiger partial charge is 0.478 e. The zero-order valence-electron chi connectivity index (χ0n) is 13.0. The highest BCUT2D eigenvalue weighted by Gasteiger charge is 2.17. The molecule has 6 nitrogen and oxygen atoms in total. The second-order valence-electron chi connectivity index (χ2n) is 5.71. The van der Waals surface area contributed by atoms with Crippen molar-refractivity contribution < 1.29 is 14.7 Å². The Labute approximate surface area is 133 Å². The van der Waals surface area contributed by atoms with Crippen LogP contribution in [0, 0.1) is 0 Å². The number of rotatable bonds is 4. The van der Waals surface area contributed by atoms with Gasteiger partial charge in [0, 0.05) is 36.1 Å². The van der Waals surface area contributed by atoms with Crippen LogP contribution in [0.5, 0.6) is 0 Å². The van der Waals surface area contributed by atoms with Crippen LogP contribution >= 0.6 is 0 Å². The first-order valence-electron chi connectivity index (χ1n) is 7.28. The summed E-state index contributed by atoms with van der Waals surface area (Å²) in [6.45, 7) is 0.629. The lowest BCUT2D eigenvalue weighted by Crippen LogP contribution is -2.20. The Morgan fingerprint density at radius 3 is 2.65 bits per heavy atom. The number of carbonyl (C=O) groups excluding carboxylic acids is 1. The van der Waals surface area contributed by atoms with Crippen LogP contribution in [0.25, 0.3) is 21.8 Å². The summed E-state index contributed by atoms with van der Waals surface area (Å²) in [4.78, 5) is 30.0. The van der Waals surface area contributed by atoms with Crippen LogP contribution in [0.1, 0.15) is 21.6 Å². The first-order valence-corrected chi connectivity index (χ1v) is 7.28. The number of aromatic nitrogens is 2. The fourth-order valence-electron chi connectivity index (χ4n) is 2.70. The Hall–Kier alpha value is -2.73. The van der Waals surface area contributed by atoms with E-state index in [2.05, 4.69) is 4.98 Å². The Kier molecular flexibility index (Phi) is 3.83. The molecule has 118 valence electrons. The minimum Gasteiger partial charge on any atom is -0.478 e. The maximum atomic E-state index is 12.7. The summed E-state index contributed by atoms with van der Waals surface area (Å²) >= 11 is 0. The van der Waals surface area contributed by atoms with Crippen LogP contribution in [0.4, 0.5) is 0 Å².